The number of benzene rings is 3. The highest BCUT2D eigenvalue weighted by Gasteiger charge is 2.13. The van der Waals surface area contributed by atoms with E-state index < -0.39 is 5.82 Å². The van der Waals surface area contributed by atoms with E-state index in [1.165, 1.54) is 13.2 Å². The van der Waals surface area contributed by atoms with Gasteiger partial charge in [-0.2, -0.15) is 5.10 Å². The summed E-state index contributed by atoms with van der Waals surface area (Å²) >= 11 is 6.51. The second-order valence-electron chi connectivity index (χ2n) is 5.63. The van der Waals surface area contributed by atoms with Crippen LogP contribution in [0, 0.1) is 5.82 Å². The van der Waals surface area contributed by atoms with Gasteiger partial charge in [-0.25, -0.2) is 9.07 Å². The Kier molecular flexibility index (Phi) is 3.90. The number of halogens is 2. The smallest absolute Gasteiger partial charge is 0.165 e. The van der Waals surface area contributed by atoms with Gasteiger partial charge in [0, 0.05) is 11.5 Å². The molecule has 0 bridgehead atoms. The van der Waals surface area contributed by atoms with Crippen molar-refractivity contribution in [2.45, 2.75) is 0 Å². The Bertz CT molecular complexity index is 1060. The van der Waals surface area contributed by atoms with Crippen LogP contribution >= 0.6 is 11.6 Å². The predicted molar refractivity (Wildman–Crippen MR) is 98.0 cm³/mol. The van der Waals surface area contributed by atoms with E-state index in [9.17, 15) is 4.39 Å². The Labute approximate surface area is 149 Å². The van der Waals surface area contributed by atoms with Gasteiger partial charge in [0.15, 0.2) is 11.6 Å². The van der Waals surface area contributed by atoms with E-state index in [0.717, 1.165) is 22.3 Å². The minimum absolute atomic E-state index is 0.172. The van der Waals surface area contributed by atoms with E-state index >= 15 is 0 Å². The lowest BCUT2D eigenvalue weighted by Gasteiger charge is -2.10. The first kappa shape index (κ1) is 15.7. The molecule has 3 aromatic carbocycles. The van der Waals surface area contributed by atoms with Crippen molar-refractivity contribution >= 4 is 22.5 Å². The maximum atomic E-state index is 13.9. The first-order chi connectivity index (χ1) is 12.2. The molecule has 25 heavy (non-hydrogen) atoms. The number of methoxy groups -OCH3 is 1. The molecule has 0 saturated heterocycles. The van der Waals surface area contributed by atoms with E-state index in [-0.39, 0.29) is 5.75 Å². The molecular formula is C20H14ClFN2O. The summed E-state index contributed by atoms with van der Waals surface area (Å²) in [7, 11) is 1.44. The molecule has 0 amide bonds. The van der Waals surface area contributed by atoms with Crippen LogP contribution in [0.3, 0.4) is 0 Å². The van der Waals surface area contributed by atoms with E-state index in [0.29, 0.717) is 10.4 Å². The topological polar surface area (TPSA) is 27.1 Å². The zero-order valence-corrected chi connectivity index (χ0v) is 14.2. The standard InChI is InChI=1S/C20H14ClFN2O/c1-25-20-11-19-15(10-17(20)22)12-23-24(19)18-8-7-14(9-16(18)21)13-5-3-2-4-6-13/h2-12H,1H3. The second-order valence-corrected chi connectivity index (χ2v) is 6.04. The van der Waals surface area contributed by atoms with Crippen LogP contribution in [-0.4, -0.2) is 16.9 Å². The van der Waals surface area contributed by atoms with Crippen LogP contribution in [-0.2, 0) is 0 Å². The van der Waals surface area contributed by atoms with Gasteiger partial charge in [0.2, 0.25) is 0 Å². The van der Waals surface area contributed by atoms with Crippen molar-refractivity contribution < 1.29 is 9.13 Å². The van der Waals surface area contributed by atoms with E-state index in [4.69, 9.17) is 16.3 Å². The van der Waals surface area contributed by atoms with Crippen molar-refractivity contribution in [3.05, 3.63) is 77.7 Å². The van der Waals surface area contributed by atoms with Gasteiger partial charge in [-0.3, -0.25) is 0 Å². The second kappa shape index (κ2) is 6.22. The summed E-state index contributed by atoms with van der Waals surface area (Å²) in [6, 6.07) is 18.8. The summed E-state index contributed by atoms with van der Waals surface area (Å²) in [5.74, 6) is -0.244. The minimum atomic E-state index is -0.417. The zero-order valence-electron chi connectivity index (χ0n) is 13.4. The lowest BCUT2D eigenvalue weighted by Crippen LogP contribution is -1.98. The van der Waals surface area contributed by atoms with Gasteiger partial charge in [-0.15, -0.1) is 0 Å². The summed E-state index contributed by atoms with van der Waals surface area (Å²) in [6.07, 6.45) is 1.61. The third-order valence-electron chi connectivity index (χ3n) is 4.12. The van der Waals surface area contributed by atoms with Gasteiger partial charge in [-0.1, -0.05) is 48.0 Å². The number of ether oxygens (including phenoxy) is 1. The van der Waals surface area contributed by atoms with Crippen molar-refractivity contribution in [1.82, 2.24) is 9.78 Å². The SMILES string of the molecule is COc1cc2c(cnn2-c2ccc(-c3ccccc3)cc2Cl)cc1F. The summed E-state index contributed by atoms with van der Waals surface area (Å²) < 4.78 is 20.6. The normalized spacial score (nSPS) is 11.0. The Morgan fingerprint density at radius 3 is 2.52 bits per heavy atom. The fourth-order valence-corrected chi connectivity index (χ4v) is 3.12. The molecule has 3 nitrogen and oxygen atoms in total. The molecule has 1 aromatic heterocycles. The molecule has 0 spiro atoms. The minimum Gasteiger partial charge on any atom is -0.494 e. The summed E-state index contributed by atoms with van der Waals surface area (Å²) in [5.41, 5.74) is 3.57. The number of hydrogen-bond acceptors (Lipinski definition) is 2. The number of fused-ring (bicyclic) bond motifs is 1. The highest BCUT2D eigenvalue weighted by Crippen LogP contribution is 2.31. The highest BCUT2D eigenvalue weighted by molar-refractivity contribution is 6.32. The molecule has 5 heteroatoms. The molecule has 1 heterocycles. The van der Waals surface area contributed by atoms with Crippen molar-refractivity contribution in [3.8, 4) is 22.6 Å². The van der Waals surface area contributed by atoms with Crippen LogP contribution in [0.5, 0.6) is 5.75 Å². The summed E-state index contributed by atoms with van der Waals surface area (Å²) in [5, 5.41) is 5.60. The van der Waals surface area contributed by atoms with Gasteiger partial charge in [-0.05, 0) is 29.3 Å². The average Bonchev–Trinajstić information content (AvgIpc) is 3.04. The Morgan fingerprint density at radius 2 is 1.80 bits per heavy atom. The van der Waals surface area contributed by atoms with Gasteiger partial charge >= 0.3 is 0 Å². The van der Waals surface area contributed by atoms with Crippen LogP contribution in [0.25, 0.3) is 27.7 Å². The van der Waals surface area contributed by atoms with Gasteiger partial charge in [0.05, 0.1) is 29.5 Å². The molecule has 0 aliphatic heterocycles. The number of rotatable bonds is 3. The third kappa shape index (κ3) is 2.75. The van der Waals surface area contributed by atoms with Crippen molar-refractivity contribution in [1.29, 1.82) is 0 Å². The van der Waals surface area contributed by atoms with Crippen LogP contribution in [0.15, 0.2) is 66.9 Å². The molecule has 0 aliphatic rings. The molecule has 0 fully saturated rings. The molecule has 0 radical (unpaired) electrons. The number of aromatic nitrogens is 2. The monoisotopic (exact) mass is 352 g/mol. The molecule has 4 rings (SSSR count). The molecule has 0 aliphatic carbocycles. The van der Waals surface area contributed by atoms with Gasteiger partial charge < -0.3 is 4.74 Å². The average molecular weight is 353 g/mol. The highest BCUT2D eigenvalue weighted by atomic mass is 35.5. The molecule has 4 aromatic rings. The van der Waals surface area contributed by atoms with Crippen LogP contribution < -0.4 is 4.74 Å². The van der Waals surface area contributed by atoms with Crippen molar-refractivity contribution in [2.75, 3.05) is 7.11 Å². The van der Waals surface area contributed by atoms with E-state index in [2.05, 4.69) is 5.10 Å². The summed E-state index contributed by atoms with van der Waals surface area (Å²) in [6.45, 7) is 0. The largest absolute Gasteiger partial charge is 0.494 e. The van der Waals surface area contributed by atoms with Gasteiger partial charge in [0.1, 0.15) is 0 Å². The van der Waals surface area contributed by atoms with Crippen molar-refractivity contribution in [2.24, 2.45) is 0 Å². The van der Waals surface area contributed by atoms with Crippen LogP contribution in [0.4, 0.5) is 4.39 Å². The first-order valence-corrected chi connectivity index (χ1v) is 8.12. The van der Waals surface area contributed by atoms with Crippen molar-refractivity contribution in [3.63, 3.8) is 0 Å². The maximum absolute atomic E-state index is 13.9. The lowest BCUT2D eigenvalue weighted by atomic mass is 10.1. The summed E-state index contributed by atoms with van der Waals surface area (Å²) in [4.78, 5) is 0. The van der Waals surface area contributed by atoms with E-state index in [1.807, 2.05) is 48.5 Å². The molecule has 0 saturated carbocycles. The maximum Gasteiger partial charge on any atom is 0.165 e. The Hall–Kier alpha value is -2.85. The Balaban J connectivity index is 1.84. The third-order valence-corrected chi connectivity index (χ3v) is 4.43. The predicted octanol–water partition coefficient (Wildman–Crippen LogP) is 5.49. The first-order valence-electron chi connectivity index (χ1n) is 7.74. The van der Waals surface area contributed by atoms with Crippen LogP contribution in [0.2, 0.25) is 5.02 Å². The molecule has 124 valence electrons. The fraction of sp³-hybridized carbons (Fsp3) is 0.0500. The van der Waals surface area contributed by atoms with Crippen LogP contribution in [0.1, 0.15) is 0 Å². The lowest BCUT2D eigenvalue weighted by molar-refractivity contribution is 0.387. The number of nitrogens with zero attached hydrogens (tertiary/aromatic N) is 2. The quantitative estimate of drug-likeness (QED) is 0.487. The van der Waals surface area contributed by atoms with E-state index in [1.54, 1.807) is 16.9 Å². The molecule has 0 atom stereocenters. The number of hydrogen-bond donors (Lipinski definition) is 0. The Morgan fingerprint density at radius 1 is 1.00 bits per heavy atom. The molecule has 0 unspecified atom stereocenters. The molecule has 0 N–H and O–H groups in total. The molecular weight excluding hydrogens is 339 g/mol. The van der Waals surface area contributed by atoms with Gasteiger partial charge in [0.25, 0.3) is 0 Å². The zero-order chi connectivity index (χ0) is 17.4. The fourth-order valence-electron chi connectivity index (χ4n) is 2.86.